The number of carbonyl (C=O) groups is 1. The van der Waals surface area contributed by atoms with E-state index in [1.165, 1.54) is 70.6 Å². The molecule has 0 amide bonds. The van der Waals surface area contributed by atoms with Crippen molar-refractivity contribution in [3.63, 3.8) is 0 Å². The minimum absolute atomic E-state index is 0.215. The Bertz CT molecular complexity index is 207. The normalized spacial score (nSPS) is 23.2. The van der Waals surface area contributed by atoms with Crippen LogP contribution in [0.3, 0.4) is 0 Å². The minimum atomic E-state index is 0.215. The van der Waals surface area contributed by atoms with Crippen molar-refractivity contribution < 1.29 is 9.53 Å². The monoisotopic (exact) mass is 268 g/mol. The third kappa shape index (κ3) is 8.28. The van der Waals surface area contributed by atoms with Crippen LogP contribution in [-0.4, -0.2) is 12.6 Å². The summed E-state index contributed by atoms with van der Waals surface area (Å²) in [6, 6.07) is 0. The summed E-state index contributed by atoms with van der Waals surface area (Å²) < 4.78 is 5.04. The van der Waals surface area contributed by atoms with E-state index in [-0.39, 0.29) is 6.10 Å². The van der Waals surface area contributed by atoms with E-state index < -0.39 is 0 Å². The van der Waals surface area contributed by atoms with Crippen molar-refractivity contribution in [1.29, 1.82) is 0 Å². The molecule has 1 aliphatic rings. The Kier molecular flexibility index (Phi) is 9.84. The summed E-state index contributed by atoms with van der Waals surface area (Å²) in [5.41, 5.74) is 0. The van der Waals surface area contributed by atoms with Gasteiger partial charge in [-0.1, -0.05) is 64.7 Å². The lowest BCUT2D eigenvalue weighted by Crippen LogP contribution is -2.21. The van der Waals surface area contributed by atoms with Crippen molar-refractivity contribution >= 4 is 6.47 Å². The van der Waals surface area contributed by atoms with Crippen LogP contribution in [-0.2, 0) is 9.53 Å². The molecule has 0 radical (unpaired) electrons. The van der Waals surface area contributed by atoms with Crippen LogP contribution in [0.1, 0.15) is 90.4 Å². The van der Waals surface area contributed by atoms with Gasteiger partial charge in [0, 0.05) is 0 Å². The molecule has 1 rings (SSSR count). The molecule has 0 N–H and O–H groups in total. The number of hydrogen-bond acceptors (Lipinski definition) is 2. The van der Waals surface area contributed by atoms with Gasteiger partial charge in [-0.3, -0.25) is 4.79 Å². The van der Waals surface area contributed by atoms with E-state index in [9.17, 15) is 4.79 Å². The van der Waals surface area contributed by atoms with Gasteiger partial charge in [0.05, 0.1) is 0 Å². The molecule has 1 saturated carbocycles. The Balaban J connectivity index is 1.86. The van der Waals surface area contributed by atoms with Crippen molar-refractivity contribution in [2.45, 2.75) is 96.5 Å². The molecule has 2 heteroatoms. The highest BCUT2D eigenvalue weighted by atomic mass is 16.5. The largest absolute Gasteiger partial charge is 0.465 e. The van der Waals surface area contributed by atoms with Crippen molar-refractivity contribution in [1.82, 2.24) is 0 Å². The highest BCUT2D eigenvalue weighted by molar-refractivity contribution is 5.37. The van der Waals surface area contributed by atoms with Crippen molar-refractivity contribution in [3.05, 3.63) is 0 Å². The lowest BCUT2D eigenvalue weighted by molar-refractivity contribution is -0.135. The van der Waals surface area contributed by atoms with Crippen LogP contribution in [0, 0.1) is 5.92 Å². The van der Waals surface area contributed by atoms with E-state index in [0.717, 1.165) is 18.8 Å². The van der Waals surface area contributed by atoms with Crippen LogP contribution in [0.15, 0.2) is 0 Å². The predicted molar refractivity (Wildman–Crippen MR) is 80.1 cm³/mol. The van der Waals surface area contributed by atoms with Crippen LogP contribution in [0.5, 0.6) is 0 Å². The van der Waals surface area contributed by atoms with Gasteiger partial charge in [-0.2, -0.15) is 0 Å². The van der Waals surface area contributed by atoms with Crippen LogP contribution in [0.2, 0.25) is 0 Å². The summed E-state index contributed by atoms with van der Waals surface area (Å²) >= 11 is 0. The average molecular weight is 268 g/mol. The molecule has 19 heavy (non-hydrogen) atoms. The third-order valence-electron chi connectivity index (χ3n) is 4.51. The third-order valence-corrected chi connectivity index (χ3v) is 4.51. The highest BCUT2D eigenvalue weighted by Gasteiger charge is 2.21. The standard InChI is InChI=1S/C17H32O2/c1-2-3-4-5-6-7-8-9-10-16-11-13-17(14-12-16)19-15-18/h15-17H,2-14H2,1H3. The second kappa shape index (κ2) is 11.3. The van der Waals surface area contributed by atoms with Crippen molar-refractivity contribution in [3.8, 4) is 0 Å². The quantitative estimate of drug-likeness (QED) is 0.378. The minimum Gasteiger partial charge on any atom is -0.465 e. The Morgan fingerprint density at radius 3 is 2.05 bits per heavy atom. The summed E-state index contributed by atoms with van der Waals surface area (Å²) in [5.74, 6) is 0.895. The van der Waals surface area contributed by atoms with Gasteiger partial charge in [-0.15, -0.1) is 0 Å². The Morgan fingerprint density at radius 1 is 0.895 bits per heavy atom. The van der Waals surface area contributed by atoms with E-state index in [1.54, 1.807) is 0 Å². The number of ether oxygens (including phenoxy) is 1. The average Bonchev–Trinajstić information content (AvgIpc) is 2.44. The molecule has 2 nitrogen and oxygen atoms in total. The molecule has 0 atom stereocenters. The lowest BCUT2D eigenvalue weighted by Gasteiger charge is -2.27. The Hall–Kier alpha value is -0.530. The first kappa shape index (κ1) is 16.5. The Labute approximate surface area is 119 Å². The fourth-order valence-electron chi connectivity index (χ4n) is 3.20. The molecular weight excluding hydrogens is 236 g/mol. The van der Waals surface area contributed by atoms with E-state index in [0.29, 0.717) is 6.47 Å². The number of rotatable bonds is 11. The maximum Gasteiger partial charge on any atom is 0.293 e. The van der Waals surface area contributed by atoms with Gasteiger partial charge in [0.2, 0.25) is 0 Å². The maximum atomic E-state index is 10.3. The molecular formula is C17H32O2. The molecule has 0 spiro atoms. The van der Waals surface area contributed by atoms with Crippen LogP contribution < -0.4 is 0 Å². The number of unbranched alkanes of at least 4 members (excludes halogenated alkanes) is 7. The molecule has 0 aromatic carbocycles. The molecule has 1 aliphatic carbocycles. The zero-order valence-electron chi connectivity index (χ0n) is 12.7. The van der Waals surface area contributed by atoms with Crippen LogP contribution in [0.4, 0.5) is 0 Å². The van der Waals surface area contributed by atoms with Crippen molar-refractivity contribution in [2.75, 3.05) is 0 Å². The molecule has 0 aromatic heterocycles. The summed E-state index contributed by atoms with van der Waals surface area (Å²) in [5, 5.41) is 0. The second-order valence-electron chi connectivity index (χ2n) is 6.14. The first-order chi connectivity index (χ1) is 9.36. The zero-order chi connectivity index (χ0) is 13.8. The first-order valence-corrected chi connectivity index (χ1v) is 8.46. The predicted octanol–water partition coefficient (Wildman–Crippen LogP) is 5.25. The van der Waals surface area contributed by atoms with E-state index in [4.69, 9.17) is 4.74 Å². The van der Waals surface area contributed by atoms with Crippen LogP contribution in [0.25, 0.3) is 0 Å². The van der Waals surface area contributed by atoms with Gasteiger partial charge in [0.1, 0.15) is 6.10 Å². The van der Waals surface area contributed by atoms with Gasteiger partial charge in [0.15, 0.2) is 0 Å². The SMILES string of the molecule is CCCCCCCCCCC1CCC(OC=O)CC1. The van der Waals surface area contributed by atoms with E-state index in [2.05, 4.69) is 6.92 Å². The smallest absolute Gasteiger partial charge is 0.293 e. The van der Waals surface area contributed by atoms with Crippen molar-refractivity contribution in [2.24, 2.45) is 5.92 Å². The molecule has 0 bridgehead atoms. The van der Waals surface area contributed by atoms with E-state index in [1.807, 2.05) is 0 Å². The summed E-state index contributed by atoms with van der Waals surface area (Å²) in [6.45, 7) is 2.89. The summed E-state index contributed by atoms with van der Waals surface area (Å²) in [4.78, 5) is 10.3. The lowest BCUT2D eigenvalue weighted by atomic mass is 9.84. The maximum absolute atomic E-state index is 10.3. The molecule has 112 valence electrons. The molecule has 0 unspecified atom stereocenters. The van der Waals surface area contributed by atoms with Gasteiger partial charge in [-0.05, 0) is 31.6 Å². The fraction of sp³-hybridized carbons (Fsp3) is 0.941. The van der Waals surface area contributed by atoms with E-state index >= 15 is 0 Å². The first-order valence-electron chi connectivity index (χ1n) is 8.46. The van der Waals surface area contributed by atoms with Gasteiger partial charge in [-0.25, -0.2) is 0 Å². The molecule has 0 aliphatic heterocycles. The number of hydrogen-bond donors (Lipinski definition) is 0. The summed E-state index contributed by atoms with van der Waals surface area (Å²) in [6.07, 6.45) is 17.6. The molecule has 0 heterocycles. The number of carbonyl (C=O) groups excluding carboxylic acids is 1. The fourth-order valence-corrected chi connectivity index (χ4v) is 3.20. The highest BCUT2D eigenvalue weighted by Crippen LogP contribution is 2.29. The second-order valence-corrected chi connectivity index (χ2v) is 6.14. The zero-order valence-corrected chi connectivity index (χ0v) is 12.7. The van der Waals surface area contributed by atoms with Gasteiger partial charge in [0.25, 0.3) is 6.47 Å². The van der Waals surface area contributed by atoms with Gasteiger partial charge < -0.3 is 4.74 Å². The molecule has 0 saturated heterocycles. The topological polar surface area (TPSA) is 26.3 Å². The molecule has 0 aromatic rings. The van der Waals surface area contributed by atoms with Crippen LogP contribution >= 0.6 is 0 Å². The molecule has 1 fully saturated rings. The summed E-state index contributed by atoms with van der Waals surface area (Å²) in [7, 11) is 0. The Morgan fingerprint density at radius 2 is 1.47 bits per heavy atom. The van der Waals surface area contributed by atoms with Gasteiger partial charge >= 0.3 is 0 Å².